The van der Waals surface area contributed by atoms with Crippen LogP contribution in [0.3, 0.4) is 0 Å². The molecule has 0 aliphatic heterocycles. The van der Waals surface area contributed by atoms with Gasteiger partial charge in [-0.05, 0) is 67.2 Å². The molecule has 0 saturated carbocycles. The molecule has 0 aliphatic rings. The number of carbonyl (C=O) groups excluding carboxylic acids is 1. The summed E-state index contributed by atoms with van der Waals surface area (Å²) in [5.74, 6) is 0.00512. The third kappa shape index (κ3) is 3.33. The fourth-order valence-electron chi connectivity index (χ4n) is 5.62. The van der Waals surface area contributed by atoms with Crippen LogP contribution in [0.2, 0.25) is 0 Å². The lowest BCUT2D eigenvalue weighted by atomic mass is 9.86. The van der Waals surface area contributed by atoms with Gasteiger partial charge < -0.3 is 10.2 Å². The number of aromatic hydroxyl groups is 2. The average Bonchev–Trinajstić information content (AvgIpc) is 2.96. The van der Waals surface area contributed by atoms with Gasteiger partial charge in [0, 0.05) is 11.1 Å². The lowest BCUT2D eigenvalue weighted by molar-refractivity contribution is 0.103. The number of para-hydroxylation sites is 1. The number of phenols is 2. The first kappa shape index (κ1) is 22.1. The summed E-state index contributed by atoms with van der Waals surface area (Å²) in [4.78, 5) is 13.2. The van der Waals surface area contributed by atoms with Crippen LogP contribution in [0.1, 0.15) is 15.9 Å². The minimum Gasteiger partial charge on any atom is -0.507 e. The van der Waals surface area contributed by atoms with Gasteiger partial charge in [-0.2, -0.15) is 0 Å². The Bertz CT molecular complexity index is 2000. The van der Waals surface area contributed by atoms with Crippen molar-refractivity contribution >= 4 is 38.1 Å². The van der Waals surface area contributed by atoms with E-state index in [2.05, 4.69) is 48.5 Å². The van der Waals surface area contributed by atoms with Crippen molar-refractivity contribution in [3.05, 3.63) is 132 Å². The SMILES string of the molecule is O=C(c1ccccc1)c1cc(-c2ccc3ccc4c(-c5ccccc5O)ccc5ccc2c3c54)ccc1O. The molecule has 0 bridgehead atoms. The largest absolute Gasteiger partial charge is 0.507 e. The Hall–Kier alpha value is -5.15. The summed E-state index contributed by atoms with van der Waals surface area (Å²) < 4.78 is 0. The summed E-state index contributed by atoms with van der Waals surface area (Å²) in [6.45, 7) is 0. The first-order valence-electron chi connectivity index (χ1n) is 12.5. The van der Waals surface area contributed by atoms with E-state index in [0.29, 0.717) is 5.56 Å². The molecule has 2 N–H and O–H groups in total. The zero-order chi connectivity index (χ0) is 25.8. The third-order valence-corrected chi connectivity index (χ3v) is 7.45. The molecule has 0 atom stereocenters. The Morgan fingerprint density at radius 3 is 1.82 bits per heavy atom. The molecular formula is C35H22O3. The second kappa shape index (κ2) is 8.46. The maximum Gasteiger partial charge on any atom is 0.196 e. The Balaban J connectivity index is 1.47. The number of rotatable bonds is 4. The number of hydrogen-bond donors (Lipinski definition) is 2. The molecule has 7 aromatic rings. The number of benzene rings is 7. The molecule has 0 heterocycles. The standard InChI is InChI=1S/C35H22O3/c36-31-9-5-4-8-27(31)26-16-11-22-12-17-28-25(15-10-21-13-18-29(26)34(22)33(21)28)24-14-19-32(37)30(20-24)35(38)23-6-2-1-3-7-23/h1-20,36-37H. The fourth-order valence-corrected chi connectivity index (χ4v) is 5.62. The summed E-state index contributed by atoms with van der Waals surface area (Å²) in [6.07, 6.45) is 0. The highest BCUT2D eigenvalue weighted by Crippen LogP contribution is 2.43. The predicted molar refractivity (Wildman–Crippen MR) is 154 cm³/mol. The van der Waals surface area contributed by atoms with Crippen LogP contribution in [-0.4, -0.2) is 16.0 Å². The Kier molecular flexibility index (Phi) is 4.92. The van der Waals surface area contributed by atoms with E-state index in [1.807, 2.05) is 42.5 Å². The Morgan fingerprint density at radius 1 is 0.500 bits per heavy atom. The monoisotopic (exact) mass is 490 g/mol. The summed E-state index contributed by atoms with van der Waals surface area (Å²) in [5, 5.41) is 27.8. The summed E-state index contributed by atoms with van der Waals surface area (Å²) in [5.41, 5.74) is 4.44. The van der Waals surface area contributed by atoms with E-state index in [1.165, 1.54) is 0 Å². The second-order valence-corrected chi connectivity index (χ2v) is 9.59. The number of phenolic OH excluding ortho intramolecular Hbond substituents is 2. The van der Waals surface area contributed by atoms with E-state index in [0.717, 1.165) is 54.6 Å². The van der Waals surface area contributed by atoms with Crippen molar-refractivity contribution < 1.29 is 15.0 Å². The second-order valence-electron chi connectivity index (χ2n) is 9.59. The quantitative estimate of drug-likeness (QED) is 0.192. The Labute approximate surface area is 219 Å². The highest BCUT2D eigenvalue weighted by molar-refractivity contribution is 6.27. The van der Waals surface area contributed by atoms with E-state index < -0.39 is 0 Å². The molecule has 7 rings (SSSR count). The number of hydrogen-bond acceptors (Lipinski definition) is 3. The van der Waals surface area contributed by atoms with Gasteiger partial charge >= 0.3 is 0 Å². The number of ketones is 1. The Morgan fingerprint density at radius 2 is 1.11 bits per heavy atom. The van der Waals surface area contributed by atoms with Crippen molar-refractivity contribution in [1.29, 1.82) is 0 Å². The zero-order valence-corrected chi connectivity index (χ0v) is 20.3. The van der Waals surface area contributed by atoms with Gasteiger partial charge in [0.05, 0.1) is 5.56 Å². The van der Waals surface area contributed by atoms with Gasteiger partial charge in [0.25, 0.3) is 0 Å². The van der Waals surface area contributed by atoms with Crippen LogP contribution >= 0.6 is 0 Å². The summed E-state index contributed by atoms with van der Waals surface area (Å²) >= 11 is 0. The van der Waals surface area contributed by atoms with Gasteiger partial charge in [-0.15, -0.1) is 0 Å². The van der Waals surface area contributed by atoms with Crippen molar-refractivity contribution in [3.63, 3.8) is 0 Å². The van der Waals surface area contributed by atoms with Crippen molar-refractivity contribution in [3.8, 4) is 33.8 Å². The molecule has 180 valence electrons. The fraction of sp³-hybridized carbons (Fsp3) is 0. The van der Waals surface area contributed by atoms with E-state index in [9.17, 15) is 15.0 Å². The van der Waals surface area contributed by atoms with Crippen LogP contribution in [0, 0.1) is 0 Å². The van der Waals surface area contributed by atoms with Crippen LogP contribution in [0.25, 0.3) is 54.6 Å². The molecule has 0 aliphatic carbocycles. The third-order valence-electron chi connectivity index (χ3n) is 7.45. The van der Waals surface area contributed by atoms with Crippen LogP contribution in [-0.2, 0) is 0 Å². The molecule has 0 fully saturated rings. The average molecular weight is 491 g/mol. The normalized spacial score (nSPS) is 11.5. The maximum absolute atomic E-state index is 13.2. The highest BCUT2D eigenvalue weighted by atomic mass is 16.3. The summed E-state index contributed by atoms with van der Waals surface area (Å²) in [6, 6.07) is 38.5. The molecule has 7 aromatic carbocycles. The van der Waals surface area contributed by atoms with Crippen LogP contribution in [0.15, 0.2) is 121 Å². The molecule has 0 radical (unpaired) electrons. The van der Waals surface area contributed by atoms with Crippen molar-refractivity contribution in [2.75, 3.05) is 0 Å². The number of carbonyl (C=O) groups is 1. The van der Waals surface area contributed by atoms with Gasteiger partial charge in [-0.1, -0.05) is 103 Å². The van der Waals surface area contributed by atoms with Crippen LogP contribution < -0.4 is 0 Å². The first-order valence-corrected chi connectivity index (χ1v) is 12.5. The highest BCUT2D eigenvalue weighted by Gasteiger charge is 2.18. The van der Waals surface area contributed by atoms with Gasteiger partial charge in [-0.25, -0.2) is 0 Å². The molecule has 3 nitrogen and oxygen atoms in total. The molecule has 38 heavy (non-hydrogen) atoms. The topological polar surface area (TPSA) is 57.5 Å². The van der Waals surface area contributed by atoms with E-state index in [-0.39, 0.29) is 22.8 Å². The lowest BCUT2D eigenvalue weighted by Gasteiger charge is -2.17. The van der Waals surface area contributed by atoms with Crippen molar-refractivity contribution in [2.45, 2.75) is 0 Å². The molecule has 0 amide bonds. The van der Waals surface area contributed by atoms with Gasteiger partial charge in [0.15, 0.2) is 5.78 Å². The maximum atomic E-state index is 13.2. The van der Waals surface area contributed by atoms with E-state index >= 15 is 0 Å². The zero-order valence-electron chi connectivity index (χ0n) is 20.3. The van der Waals surface area contributed by atoms with E-state index in [1.54, 1.807) is 30.3 Å². The van der Waals surface area contributed by atoms with Crippen LogP contribution in [0.4, 0.5) is 0 Å². The van der Waals surface area contributed by atoms with Crippen molar-refractivity contribution in [2.24, 2.45) is 0 Å². The molecule has 0 spiro atoms. The minimum absolute atomic E-state index is 0.0346. The molecular weight excluding hydrogens is 468 g/mol. The van der Waals surface area contributed by atoms with Gasteiger partial charge in [0.2, 0.25) is 0 Å². The lowest BCUT2D eigenvalue weighted by Crippen LogP contribution is -2.01. The first-order chi connectivity index (χ1) is 18.6. The van der Waals surface area contributed by atoms with E-state index in [4.69, 9.17) is 0 Å². The van der Waals surface area contributed by atoms with Crippen LogP contribution in [0.5, 0.6) is 11.5 Å². The van der Waals surface area contributed by atoms with Gasteiger partial charge in [-0.3, -0.25) is 4.79 Å². The smallest absolute Gasteiger partial charge is 0.196 e. The predicted octanol–water partition coefficient (Wildman–Crippen LogP) is 8.56. The molecule has 0 saturated heterocycles. The minimum atomic E-state index is -0.213. The van der Waals surface area contributed by atoms with Crippen molar-refractivity contribution in [1.82, 2.24) is 0 Å². The summed E-state index contributed by atoms with van der Waals surface area (Å²) in [7, 11) is 0. The molecule has 0 unspecified atom stereocenters. The van der Waals surface area contributed by atoms with Gasteiger partial charge in [0.1, 0.15) is 11.5 Å². The molecule has 0 aromatic heterocycles. The molecule has 3 heteroatoms.